The summed E-state index contributed by atoms with van der Waals surface area (Å²) in [5, 5.41) is 23.0. The lowest BCUT2D eigenvalue weighted by molar-refractivity contribution is -0.384. The molecule has 0 radical (unpaired) electrons. The van der Waals surface area contributed by atoms with Crippen molar-refractivity contribution in [2.24, 2.45) is 0 Å². The third-order valence-electron chi connectivity index (χ3n) is 3.13. The Balaban J connectivity index is 2.05. The molecule has 0 spiro atoms. The predicted octanol–water partition coefficient (Wildman–Crippen LogP) is 3.42. The molecule has 0 aromatic heterocycles. The van der Waals surface area contributed by atoms with Crippen LogP contribution in [0.15, 0.2) is 42.5 Å². The third kappa shape index (κ3) is 4.30. The Kier molecular flexibility index (Phi) is 5.49. The lowest BCUT2D eigenvalue weighted by Crippen LogP contribution is -2.20. The minimum Gasteiger partial charge on any atom is -0.508 e. The van der Waals surface area contributed by atoms with Gasteiger partial charge in [0.1, 0.15) is 11.6 Å². The van der Waals surface area contributed by atoms with Crippen LogP contribution < -0.4 is 5.32 Å². The highest BCUT2D eigenvalue weighted by Crippen LogP contribution is 2.23. The molecule has 2 N–H and O–H groups in total. The van der Waals surface area contributed by atoms with Crippen molar-refractivity contribution in [2.75, 3.05) is 0 Å². The summed E-state index contributed by atoms with van der Waals surface area (Å²) in [5.74, 6) is -1.31. The van der Waals surface area contributed by atoms with Crippen molar-refractivity contribution in [1.82, 2.24) is 5.32 Å². The number of phenols is 1. The molecule has 2 rings (SSSR count). The molecule has 1 amide bonds. The molecule has 0 heterocycles. The first kappa shape index (κ1) is 17.4. The van der Waals surface area contributed by atoms with E-state index in [1.807, 2.05) is 0 Å². The number of nitro benzene ring substituents is 1. The van der Waals surface area contributed by atoms with Crippen molar-refractivity contribution in [3.8, 4) is 5.75 Å². The summed E-state index contributed by atoms with van der Waals surface area (Å²) in [6.07, 6.45) is 2.30. The number of amides is 1. The Bertz CT molecular complexity index is 803. The second-order valence-electron chi connectivity index (χ2n) is 4.76. The Morgan fingerprint density at radius 2 is 2.12 bits per heavy atom. The quantitative estimate of drug-likeness (QED) is 0.491. The molecule has 0 bridgehead atoms. The number of aromatic hydroxyl groups is 1. The van der Waals surface area contributed by atoms with E-state index in [9.17, 15) is 24.4 Å². The number of benzene rings is 2. The Hall–Kier alpha value is -2.93. The van der Waals surface area contributed by atoms with E-state index in [1.165, 1.54) is 30.3 Å². The van der Waals surface area contributed by atoms with Gasteiger partial charge in [0.05, 0.1) is 9.95 Å². The SMILES string of the molecule is O=C(/C=C/c1c(F)cccc1Cl)NCc1cc([N+](=O)[O-])ccc1O. The number of nitrogens with one attached hydrogen (secondary N) is 1. The fourth-order valence-corrected chi connectivity index (χ4v) is 2.12. The molecule has 0 fully saturated rings. The van der Waals surface area contributed by atoms with Crippen molar-refractivity contribution in [3.05, 3.63) is 74.6 Å². The number of halogens is 2. The van der Waals surface area contributed by atoms with Crippen LogP contribution in [0.2, 0.25) is 5.02 Å². The Labute approximate surface area is 141 Å². The highest BCUT2D eigenvalue weighted by Gasteiger charge is 2.11. The van der Waals surface area contributed by atoms with Crippen molar-refractivity contribution in [3.63, 3.8) is 0 Å². The summed E-state index contributed by atoms with van der Waals surface area (Å²) in [6.45, 7) is -0.123. The predicted molar refractivity (Wildman–Crippen MR) is 87.1 cm³/mol. The number of hydrogen-bond acceptors (Lipinski definition) is 4. The summed E-state index contributed by atoms with van der Waals surface area (Å²) in [4.78, 5) is 21.9. The lowest BCUT2D eigenvalue weighted by atomic mass is 10.1. The molecule has 0 atom stereocenters. The van der Waals surface area contributed by atoms with Crippen molar-refractivity contribution < 1.29 is 19.2 Å². The van der Waals surface area contributed by atoms with Crippen LogP contribution in [0.25, 0.3) is 6.08 Å². The molecule has 0 aliphatic rings. The molecule has 0 saturated carbocycles. The van der Waals surface area contributed by atoms with E-state index in [0.29, 0.717) is 0 Å². The maximum absolute atomic E-state index is 13.6. The number of carbonyl (C=O) groups excluding carboxylic acids is 1. The van der Waals surface area contributed by atoms with E-state index >= 15 is 0 Å². The van der Waals surface area contributed by atoms with Gasteiger partial charge in [-0.05, 0) is 24.3 Å². The molecule has 6 nitrogen and oxygen atoms in total. The van der Waals surface area contributed by atoms with Crippen LogP contribution in [0.4, 0.5) is 10.1 Å². The lowest BCUT2D eigenvalue weighted by Gasteiger charge is -2.05. The molecule has 24 heavy (non-hydrogen) atoms. The number of nitrogens with zero attached hydrogens (tertiary/aromatic N) is 1. The Morgan fingerprint density at radius 1 is 1.38 bits per heavy atom. The number of rotatable bonds is 5. The standard InChI is InChI=1S/C16H12ClFN2O4/c17-13-2-1-3-14(18)12(13)5-7-16(22)19-9-10-8-11(20(23)24)4-6-15(10)21/h1-8,21H,9H2,(H,19,22)/b7-5+. The highest BCUT2D eigenvalue weighted by molar-refractivity contribution is 6.32. The first-order valence-electron chi connectivity index (χ1n) is 6.74. The number of phenolic OH excluding ortho intramolecular Hbond substituents is 1. The molecule has 0 aliphatic carbocycles. The molecule has 124 valence electrons. The minimum atomic E-state index is -0.606. The van der Waals surface area contributed by atoms with Crippen LogP contribution in [-0.4, -0.2) is 15.9 Å². The van der Waals surface area contributed by atoms with Gasteiger partial charge in [-0.3, -0.25) is 14.9 Å². The van der Waals surface area contributed by atoms with Crippen LogP contribution >= 0.6 is 11.6 Å². The second kappa shape index (κ2) is 7.56. The van der Waals surface area contributed by atoms with E-state index in [-0.39, 0.29) is 34.1 Å². The van der Waals surface area contributed by atoms with Crippen molar-refractivity contribution in [2.45, 2.75) is 6.54 Å². The number of hydrogen-bond donors (Lipinski definition) is 2. The van der Waals surface area contributed by atoms with Gasteiger partial charge < -0.3 is 10.4 Å². The van der Waals surface area contributed by atoms with Crippen molar-refractivity contribution >= 4 is 29.3 Å². The van der Waals surface area contributed by atoms with E-state index in [0.717, 1.165) is 18.2 Å². The normalized spacial score (nSPS) is 10.8. The largest absolute Gasteiger partial charge is 0.508 e. The summed E-state index contributed by atoms with van der Waals surface area (Å²) < 4.78 is 13.6. The van der Waals surface area contributed by atoms with Crippen LogP contribution in [0, 0.1) is 15.9 Å². The summed E-state index contributed by atoms with van der Waals surface area (Å²) in [7, 11) is 0. The van der Waals surface area contributed by atoms with Gasteiger partial charge in [-0.1, -0.05) is 17.7 Å². The molecule has 2 aromatic rings. The highest BCUT2D eigenvalue weighted by atomic mass is 35.5. The monoisotopic (exact) mass is 350 g/mol. The van der Waals surface area contributed by atoms with Crippen LogP contribution in [0.1, 0.15) is 11.1 Å². The smallest absolute Gasteiger partial charge is 0.270 e. The maximum atomic E-state index is 13.6. The fraction of sp³-hybridized carbons (Fsp3) is 0.0625. The van der Waals surface area contributed by atoms with E-state index in [2.05, 4.69) is 5.32 Å². The average Bonchev–Trinajstić information content (AvgIpc) is 2.53. The van der Waals surface area contributed by atoms with Gasteiger partial charge in [0.2, 0.25) is 5.91 Å². The second-order valence-corrected chi connectivity index (χ2v) is 5.16. The zero-order valence-corrected chi connectivity index (χ0v) is 13.0. The molecule has 2 aromatic carbocycles. The van der Waals surface area contributed by atoms with Crippen LogP contribution in [-0.2, 0) is 11.3 Å². The number of non-ortho nitro benzene ring substituents is 1. The molecule has 0 unspecified atom stereocenters. The number of carbonyl (C=O) groups is 1. The zero-order valence-electron chi connectivity index (χ0n) is 12.2. The van der Waals surface area contributed by atoms with Crippen LogP contribution in [0.5, 0.6) is 5.75 Å². The first-order valence-corrected chi connectivity index (χ1v) is 7.12. The van der Waals surface area contributed by atoms with Gasteiger partial charge >= 0.3 is 0 Å². The van der Waals surface area contributed by atoms with Crippen LogP contribution in [0.3, 0.4) is 0 Å². The summed E-state index contributed by atoms with van der Waals surface area (Å²) >= 11 is 5.83. The topological polar surface area (TPSA) is 92.5 Å². The molecular formula is C16H12ClFN2O4. The van der Waals surface area contributed by atoms with Gasteiger partial charge in [-0.25, -0.2) is 4.39 Å². The molecule has 8 heteroatoms. The van der Waals surface area contributed by atoms with Gasteiger partial charge in [-0.15, -0.1) is 0 Å². The first-order chi connectivity index (χ1) is 11.4. The maximum Gasteiger partial charge on any atom is 0.270 e. The third-order valence-corrected chi connectivity index (χ3v) is 3.46. The van der Waals surface area contributed by atoms with E-state index in [1.54, 1.807) is 0 Å². The zero-order chi connectivity index (χ0) is 17.7. The van der Waals surface area contributed by atoms with Gasteiger partial charge in [0.15, 0.2) is 0 Å². The molecular weight excluding hydrogens is 339 g/mol. The van der Waals surface area contributed by atoms with Crippen molar-refractivity contribution in [1.29, 1.82) is 0 Å². The van der Waals surface area contributed by atoms with Gasteiger partial charge in [0, 0.05) is 35.9 Å². The summed E-state index contributed by atoms with van der Waals surface area (Å²) in [6, 6.07) is 7.64. The number of nitro groups is 1. The minimum absolute atomic E-state index is 0.0764. The Morgan fingerprint density at radius 3 is 2.79 bits per heavy atom. The van der Waals surface area contributed by atoms with Gasteiger partial charge in [-0.2, -0.15) is 0 Å². The molecule has 0 aliphatic heterocycles. The van der Waals surface area contributed by atoms with Gasteiger partial charge in [0.25, 0.3) is 5.69 Å². The average molecular weight is 351 g/mol. The van der Waals surface area contributed by atoms with E-state index in [4.69, 9.17) is 11.6 Å². The van der Waals surface area contributed by atoms with E-state index < -0.39 is 16.6 Å². The fourth-order valence-electron chi connectivity index (χ4n) is 1.90. The molecule has 0 saturated heterocycles. The summed E-state index contributed by atoms with van der Waals surface area (Å²) in [5.41, 5.74) is 0.0631.